The van der Waals surface area contributed by atoms with E-state index in [0.29, 0.717) is 19.5 Å². The fourth-order valence-electron chi connectivity index (χ4n) is 2.19. The number of carbonyl (C=O) groups excluding carboxylic acids is 1. The van der Waals surface area contributed by atoms with Crippen molar-refractivity contribution in [1.82, 2.24) is 5.32 Å². The van der Waals surface area contributed by atoms with Crippen LogP contribution in [0.5, 0.6) is 0 Å². The molecule has 0 aliphatic carbocycles. The topological polar surface area (TPSA) is 55.1 Å². The number of hydrogen-bond donors (Lipinski definition) is 2. The summed E-state index contributed by atoms with van der Waals surface area (Å²) in [5.41, 5.74) is 8.81. The molecule has 1 amide bonds. The molecule has 0 aliphatic rings. The first-order valence-electron chi connectivity index (χ1n) is 7.41. The summed E-state index contributed by atoms with van der Waals surface area (Å²) in [7, 11) is 0. The van der Waals surface area contributed by atoms with Gasteiger partial charge in [-0.25, -0.2) is 0 Å². The molecule has 0 atom stereocenters. The maximum Gasteiger partial charge on any atom is 0.224 e. The zero-order chi connectivity index (χ0) is 14.9. The van der Waals surface area contributed by atoms with Crippen molar-refractivity contribution in [3.63, 3.8) is 0 Å². The van der Waals surface area contributed by atoms with Gasteiger partial charge in [-0.15, -0.1) is 0 Å². The van der Waals surface area contributed by atoms with Crippen LogP contribution in [0.2, 0.25) is 0 Å². The van der Waals surface area contributed by atoms with Crippen molar-refractivity contribution in [3.05, 3.63) is 60.2 Å². The normalized spacial score (nSPS) is 10.3. The fraction of sp³-hybridized carbons (Fsp3) is 0.278. The molecule has 3 nitrogen and oxygen atoms in total. The highest BCUT2D eigenvalue weighted by Crippen LogP contribution is 2.19. The number of nitrogens with one attached hydrogen (secondary N) is 1. The Kier molecular flexibility index (Phi) is 5.98. The monoisotopic (exact) mass is 282 g/mol. The molecule has 0 aromatic heterocycles. The lowest BCUT2D eigenvalue weighted by Crippen LogP contribution is -2.26. The summed E-state index contributed by atoms with van der Waals surface area (Å²) in [4.78, 5) is 11.8. The first-order chi connectivity index (χ1) is 10.3. The van der Waals surface area contributed by atoms with Gasteiger partial charge in [0.05, 0.1) is 6.42 Å². The third kappa shape index (κ3) is 5.04. The Morgan fingerprint density at radius 2 is 1.57 bits per heavy atom. The summed E-state index contributed by atoms with van der Waals surface area (Å²) in [6.45, 7) is 1.38. The van der Waals surface area contributed by atoms with Crippen LogP contribution in [0.3, 0.4) is 0 Å². The minimum atomic E-state index is 0.0690. The molecule has 3 heteroatoms. The van der Waals surface area contributed by atoms with E-state index in [1.807, 2.05) is 30.3 Å². The van der Waals surface area contributed by atoms with Gasteiger partial charge in [-0.2, -0.15) is 0 Å². The Bertz CT molecular complexity index is 549. The van der Waals surface area contributed by atoms with Crippen molar-refractivity contribution in [3.8, 4) is 11.1 Å². The summed E-state index contributed by atoms with van der Waals surface area (Å²) >= 11 is 0. The highest BCUT2D eigenvalue weighted by atomic mass is 16.1. The van der Waals surface area contributed by atoms with Crippen molar-refractivity contribution in [2.45, 2.75) is 19.3 Å². The van der Waals surface area contributed by atoms with E-state index in [9.17, 15) is 4.79 Å². The van der Waals surface area contributed by atoms with Crippen LogP contribution in [-0.2, 0) is 11.2 Å². The second-order valence-corrected chi connectivity index (χ2v) is 5.09. The second kappa shape index (κ2) is 8.22. The first kappa shape index (κ1) is 15.3. The highest BCUT2D eigenvalue weighted by Gasteiger charge is 2.03. The molecule has 0 saturated carbocycles. The van der Waals surface area contributed by atoms with Crippen molar-refractivity contribution in [2.24, 2.45) is 5.73 Å². The number of rotatable bonds is 7. The molecule has 2 aromatic rings. The molecule has 0 aliphatic heterocycles. The molecule has 110 valence electrons. The number of amides is 1. The predicted molar refractivity (Wildman–Crippen MR) is 86.9 cm³/mol. The summed E-state index contributed by atoms with van der Waals surface area (Å²) in [6.07, 6.45) is 2.32. The molecule has 21 heavy (non-hydrogen) atoms. The van der Waals surface area contributed by atoms with Gasteiger partial charge in [0.2, 0.25) is 5.91 Å². The molecule has 0 heterocycles. The van der Waals surface area contributed by atoms with Gasteiger partial charge in [0.15, 0.2) is 0 Å². The van der Waals surface area contributed by atoms with Crippen LogP contribution < -0.4 is 11.1 Å². The van der Waals surface area contributed by atoms with Gasteiger partial charge in [-0.05, 0) is 36.1 Å². The summed E-state index contributed by atoms with van der Waals surface area (Å²) in [5.74, 6) is 0.0690. The van der Waals surface area contributed by atoms with Crippen LogP contribution in [0, 0.1) is 0 Å². The number of carbonyl (C=O) groups is 1. The quantitative estimate of drug-likeness (QED) is 0.767. The average molecular weight is 282 g/mol. The van der Waals surface area contributed by atoms with Crippen LogP contribution in [0.4, 0.5) is 0 Å². The lowest BCUT2D eigenvalue weighted by atomic mass is 10.0. The average Bonchev–Trinajstić information content (AvgIpc) is 2.53. The minimum absolute atomic E-state index is 0.0690. The van der Waals surface area contributed by atoms with Crippen LogP contribution in [-0.4, -0.2) is 19.0 Å². The van der Waals surface area contributed by atoms with E-state index in [-0.39, 0.29) is 5.91 Å². The van der Waals surface area contributed by atoms with Crippen LogP contribution in [0.25, 0.3) is 11.1 Å². The Balaban J connectivity index is 1.86. The Labute approximate surface area is 126 Å². The van der Waals surface area contributed by atoms with E-state index in [2.05, 4.69) is 29.6 Å². The maximum absolute atomic E-state index is 11.8. The standard InChI is InChI=1S/C18H22N2O/c19-12-4-5-13-20-18(21)14-15-8-10-17(11-9-15)16-6-2-1-3-7-16/h1-3,6-11H,4-5,12-14,19H2,(H,20,21). The van der Waals surface area contributed by atoms with Crippen molar-refractivity contribution >= 4 is 5.91 Å². The zero-order valence-electron chi connectivity index (χ0n) is 12.2. The summed E-state index contributed by atoms with van der Waals surface area (Å²) in [6, 6.07) is 18.4. The predicted octanol–water partition coefficient (Wildman–Crippen LogP) is 2.75. The third-order valence-electron chi connectivity index (χ3n) is 3.38. The SMILES string of the molecule is NCCCCNC(=O)Cc1ccc(-c2ccccc2)cc1. The van der Waals surface area contributed by atoms with E-state index in [0.717, 1.165) is 18.4 Å². The van der Waals surface area contributed by atoms with Crippen molar-refractivity contribution < 1.29 is 4.79 Å². The molecule has 2 aromatic carbocycles. The molecule has 0 fully saturated rings. The molecular formula is C18H22N2O. The second-order valence-electron chi connectivity index (χ2n) is 5.09. The Morgan fingerprint density at radius 3 is 2.24 bits per heavy atom. The number of hydrogen-bond acceptors (Lipinski definition) is 2. The van der Waals surface area contributed by atoms with Gasteiger partial charge in [0.25, 0.3) is 0 Å². The van der Waals surface area contributed by atoms with Crippen molar-refractivity contribution in [1.29, 1.82) is 0 Å². The summed E-state index contributed by atoms with van der Waals surface area (Å²) < 4.78 is 0. The smallest absolute Gasteiger partial charge is 0.224 e. The van der Waals surface area contributed by atoms with E-state index >= 15 is 0 Å². The van der Waals surface area contributed by atoms with Crippen LogP contribution in [0.15, 0.2) is 54.6 Å². The maximum atomic E-state index is 11.8. The molecular weight excluding hydrogens is 260 g/mol. The molecule has 0 spiro atoms. The van der Waals surface area contributed by atoms with Gasteiger partial charge in [0.1, 0.15) is 0 Å². The molecule has 0 radical (unpaired) electrons. The molecule has 0 unspecified atom stereocenters. The van der Waals surface area contributed by atoms with Gasteiger partial charge < -0.3 is 11.1 Å². The van der Waals surface area contributed by atoms with Gasteiger partial charge in [0, 0.05) is 6.54 Å². The first-order valence-corrected chi connectivity index (χ1v) is 7.41. The number of unbranched alkanes of at least 4 members (excludes halogenated alkanes) is 1. The Morgan fingerprint density at radius 1 is 0.905 bits per heavy atom. The zero-order valence-corrected chi connectivity index (χ0v) is 12.2. The summed E-state index contributed by atoms with van der Waals surface area (Å²) in [5, 5.41) is 2.92. The highest BCUT2D eigenvalue weighted by molar-refractivity contribution is 5.78. The number of nitrogens with two attached hydrogens (primary N) is 1. The van der Waals surface area contributed by atoms with Crippen LogP contribution >= 0.6 is 0 Å². The van der Waals surface area contributed by atoms with E-state index < -0.39 is 0 Å². The van der Waals surface area contributed by atoms with E-state index in [4.69, 9.17) is 5.73 Å². The fourth-order valence-corrected chi connectivity index (χ4v) is 2.19. The van der Waals surface area contributed by atoms with Crippen molar-refractivity contribution in [2.75, 3.05) is 13.1 Å². The lowest BCUT2D eigenvalue weighted by Gasteiger charge is -2.06. The molecule has 2 rings (SSSR count). The van der Waals surface area contributed by atoms with Gasteiger partial charge in [-0.3, -0.25) is 4.79 Å². The molecule has 0 bridgehead atoms. The van der Waals surface area contributed by atoms with Crippen LogP contribution in [0.1, 0.15) is 18.4 Å². The third-order valence-corrected chi connectivity index (χ3v) is 3.38. The molecule has 0 saturated heterocycles. The lowest BCUT2D eigenvalue weighted by molar-refractivity contribution is -0.120. The van der Waals surface area contributed by atoms with Gasteiger partial charge in [-0.1, -0.05) is 54.6 Å². The molecule has 3 N–H and O–H groups in total. The Hall–Kier alpha value is -2.13. The van der Waals surface area contributed by atoms with E-state index in [1.54, 1.807) is 0 Å². The largest absolute Gasteiger partial charge is 0.356 e. The number of benzene rings is 2. The van der Waals surface area contributed by atoms with Gasteiger partial charge >= 0.3 is 0 Å². The minimum Gasteiger partial charge on any atom is -0.356 e. The van der Waals surface area contributed by atoms with E-state index in [1.165, 1.54) is 11.1 Å².